The van der Waals surface area contributed by atoms with E-state index in [9.17, 15) is 4.79 Å². The Balaban J connectivity index is 2.08. The molecule has 1 aromatic heterocycles. The molecule has 1 aromatic rings. The second-order valence-electron chi connectivity index (χ2n) is 5.07. The number of methoxy groups -OCH3 is 1. The lowest BCUT2D eigenvalue weighted by Crippen LogP contribution is -2.41. The van der Waals surface area contributed by atoms with Gasteiger partial charge < -0.3 is 15.4 Å². The van der Waals surface area contributed by atoms with Crippen LogP contribution in [0.3, 0.4) is 0 Å². The van der Waals surface area contributed by atoms with Crippen molar-refractivity contribution in [1.82, 2.24) is 9.97 Å². The quantitative estimate of drug-likeness (QED) is 0.785. The second-order valence-corrected chi connectivity index (χ2v) is 5.07. The number of rotatable bonds is 1. The smallest absolute Gasteiger partial charge is 0.242 e. The molecular weight excluding hydrogens is 232 g/mol. The van der Waals surface area contributed by atoms with Gasteiger partial charge in [-0.05, 0) is 19.8 Å². The van der Waals surface area contributed by atoms with E-state index in [0.29, 0.717) is 17.4 Å². The van der Waals surface area contributed by atoms with Crippen molar-refractivity contribution in [1.29, 1.82) is 0 Å². The second kappa shape index (κ2) is 3.83. The fraction of sp³-hybridized carbons (Fsp3) is 0.583. The van der Waals surface area contributed by atoms with Crippen LogP contribution in [0.4, 0.5) is 11.5 Å². The molecule has 2 heterocycles. The van der Waals surface area contributed by atoms with Crippen molar-refractivity contribution in [3.05, 3.63) is 6.33 Å². The van der Waals surface area contributed by atoms with Crippen molar-refractivity contribution in [2.75, 3.05) is 17.7 Å². The zero-order valence-corrected chi connectivity index (χ0v) is 10.5. The Bertz CT molecular complexity index is 505. The third-order valence-electron chi connectivity index (χ3n) is 4.03. The SMILES string of the molecule is COc1ncnc2c1NC(=O)C1(C)CCCC1N2. The minimum Gasteiger partial charge on any atom is -0.479 e. The molecule has 2 N–H and O–H groups in total. The van der Waals surface area contributed by atoms with E-state index < -0.39 is 0 Å². The van der Waals surface area contributed by atoms with E-state index in [4.69, 9.17) is 4.74 Å². The minimum absolute atomic E-state index is 0.0179. The molecule has 2 aliphatic rings. The first-order valence-corrected chi connectivity index (χ1v) is 6.12. The summed E-state index contributed by atoms with van der Waals surface area (Å²) in [6, 6.07) is 0.123. The Morgan fingerprint density at radius 3 is 3.11 bits per heavy atom. The van der Waals surface area contributed by atoms with Crippen LogP contribution in [0.15, 0.2) is 6.33 Å². The summed E-state index contributed by atoms with van der Waals surface area (Å²) >= 11 is 0. The van der Waals surface area contributed by atoms with Gasteiger partial charge in [-0.3, -0.25) is 4.79 Å². The summed E-state index contributed by atoms with van der Waals surface area (Å²) < 4.78 is 5.17. The van der Waals surface area contributed by atoms with Crippen molar-refractivity contribution >= 4 is 17.4 Å². The van der Waals surface area contributed by atoms with Gasteiger partial charge in [0, 0.05) is 6.04 Å². The fourth-order valence-corrected chi connectivity index (χ4v) is 2.84. The minimum atomic E-state index is -0.383. The van der Waals surface area contributed by atoms with Gasteiger partial charge in [-0.25, -0.2) is 4.98 Å². The average Bonchev–Trinajstić information content (AvgIpc) is 2.69. The first-order valence-electron chi connectivity index (χ1n) is 6.12. The lowest BCUT2D eigenvalue weighted by Gasteiger charge is -2.27. The number of hydrogen-bond acceptors (Lipinski definition) is 5. The number of ether oxygens (including phenoxy) is 1. The molecule has 1 fully saturated rings. The van der Waals surface area contributed by atoms with Crippen molar-refractivity contribution in [3.8, 4) is 5.88 Å². The number of hydrogen-bond donors (Lipinski definition) is 2. The van der Waals surface area contributed by atoms with Crippen molar-refractivity contribution in [2.24, 2.45) is 5.41 Å². The highest BCUT2D eigenvalue weighted by molar-refractivity contribution is 6.01. The van der Waals surface area contributed by atoms with Gasteiger partial charge in [0.2, 0.25) is 11.8 Å². The van der Waals surface area contributed by atoms with Gasteiger partial charge in [-0.1, -0.05) is 6.42 Å². The lowest BCUT2D eigenvalue weighted by molar-refractivity contribution is -0.124. The molecule has 2 unspecified atom stereocenters. The van der Waals surface area contributed by atoms with E-state index in [1.54, 1.807) is 0 Å². The first-order chi connectivity index (χ1) is 8.65. The van der Waals surface area contributed by atoms with E-state index >= 15 is 0 Å². The Labute approximate surface area is 105 Å². The molecule has 0 saturated heterocycles. The summed E-state index contributed by atoms with van der Waals surface area (Å²) in [6.07, 6.45) is 4.36. The Kier molecular flexibility index (Phi) is 2.39. The largest absolute Gasteiger partial charge is 0.479 e. The van der Waals surface area contributed by atoms with E-state index in [2.05, 4.69) is 20.6 Å². The summed E-state index contributed by atoms with van der Waals surface area (Å²) in [4.78, 5) is 20.6. The molecule has 6 nitrogen and oxygen atoms in total. The molecule has 1 saturated carbocycles. The molecule has 1 aliphatic heterocycles. The highest BCUT2D eigenvalue weighted by Gasteiger charge is 2.47. The number of aromatic nitrogens is 2. The summed E-state index contributed by atoms with van der Waals surface area (Å²) in [5.74, 6) is 1.06. The van der Waals surface area contributed by atoms with E-state index in [0.717, 1.165) is 19.3 Å². The number of anilines is 2. The zero-order chi connectivity index (χ0) is 12.8. The van der Waals surface area contributed by atoms with Crippen molar-refractivity contribution in [3.63, 3.8) is 0 Å². The van der Waals surface area contributed by atoms with Gasteiger partial charge in [-0.15, -0.1) is 0 Å². The maximum absolute atomic E-state index is 12.4. The van der Waals surface area contributed by atoms with Crippen molar-refractivity contribution < 1.29 is 9.53 Å². The molecule has 0 spiro atoms. The normalized spacial score (nSPS) is 29.7. The average molecular weight is 248 g/mol. The Morgan fingerprint density at radius 2 is 2.33 bits per heavy atom. The van der Waals surface area contributed by atoms with Crippen LogP contribution in [0.5, 0.6) is 5.88 Å². The lowest BCUT2D eigenvalue weighted by atomic mass is 9.84. The molecule has 0 radical (unpaired) electrons. The summed E-state index contributed by atoms with van der Waals surface area (Å²) in [6.45, 7) is 2.00. The predicted molar refractivity (Wildman–Crippen MR) is 66.6 cm³/mol. The van der Waals surface area contributed by atoms with E-state index in [1.807, 2.05) is 6.92 Å². The molecule has 1 aliphatic carbocycles. The van der Waals surface area contributed by atoms with E-state index in [-0.39, 0.29) is 17.4 Å². The van der Waals surface area contributed by atoms with Crippen LogP contribution < -0.4 is 15.4 Å². The number of fused-ring (bicyclic) bond motifs is 2. The number of carbonyl (C=O) groups is 1. The molecule has 1 amide bonds. The molecular formula is C12H16N4O2. The van der Waals surface area contributed by atoms with Gasteiger partial charge in [0.05, 0.1) is 12.5 Å². The number of carbonyl (C=O) groups excluding carboxylic acids is 1. The highest BCUT2D eigenvalue weighted by Crippen LogP contribution is 2.44. The van der Waals surface area contributed by atoms with E-state index in [1.165, 1.54) is 13.4 Å². The summed E-state index contributed by atoms with van der Waals surface area (Å²) in [7, 11) is 1.53. The highest BCUT2D eigenvalue weighted by atomic mass is 16.5. The fourth-order valence-electron chi connectivity index (χ4n) is 2.84. The molecule has 18 heavy (non-hydrogen) atoms. The Morgan fingerprint density at radius 1 is 1.50 bits per heavy atom. The van der Waals surface area contributed by atoms with Crippen LogP contribution in [0.25, 0.3) is 0 Å². The van der Waals surface area contributed by atoms with Gasteiger partial charge >= 0.3 is 0 Å². The monoisotopic (exact) mass is 248 g/mol. The summed E-state index contributed by atoms with van der Waals surface area (Å²) in [5.41, 5.74) is 0.159. The van der Waals surface area contributed by atoms with Crippen LogP contribution in [-0.4, -0.2) is 29.0 Å². The van der Waals surface area contributed by atoms with Crippen LogP contribution in [0.2, 0.25) is 0 Å². The van der Waals surface area contributed by atoms with Gasteiger partial charge in [0.15, 0.2) is 5.82 Å². The van der Waals surface area contributed by atoms with Crippen molar-refractivity contribution in [2.45, 2.75) is 32.2 Å². The Hall–Kier alpha value is -1.85. The molecule has 0 bridgehead atoms. The summed E-state index contributed by atoms with van der Waals surface area (Å²) in [5, 5.41) is 6.26. The van der Waals surface area contributed by atoms with Crippen LogP contribution in [-0.2, 0) is 4.79 Å². The zero-order valence-electron chi connectivity index (χ0n) is 10.5. The molecule has 96 valence electrons. The molecule has 2 atom stereocenters. The number of nitrogens with zero attached hydrogens (tertiary/aromatic N) is 2. The third-order valence-corrected chi connectivity index (χ3v) is 4.03. The molecule has 3 rings (SSSR count). The van der Waals surface area contributed by atoms with Gasteiger partial charge in [0.25, 0.3) is 0 Å². The molecule has 6 heteroatoms. The predicted octanol–water partition coefficient (Wildman–Crippen LogP) is 1.41. The maximum atomic E-state index is 12.4. The molecule has 0 aromatic carbocycles. The maximum Gasteiger partial charge on any atom is 0.242 e. The topological polar surface area (TPSA) is 76.1 Å². The van der Waals surface area contributed by atoms with Crippen LogP contribution in [0.1, 0.15) is 26.2 Å². The number of nitrogens with one attached hydrogen (secondary N) is 2. The van der Waals surface area contributed by atoms with Crippen LogP contribution >= 0.6 is 0 Å². The first kappa shape index (κ1) is 11.3. The number of amides is 1. The van der Waals surface area contributed by atoms with Gasteiger partial charge in [0.1, 0.15) is 12.0 Å². The standard InChI is InChI=1S/C12H16N4O2/c1-12-5-3-4-7(12)15-9-8(16-11(12)17)10(18-2)14-6-13-9/h6-7H,3-5H2,1-2H3,(H,16,17)(H,13,14,15). The van der Waals surface area contributed by atoms with Crippen LogP contribution in [0, 0.1) is 5.41 Å². The third kappa shape index (κ3) is 1.45. The van der Waals surface area contributed by atoms with Gasteiger partial charge in [-0.2, -0.15) is 4.98 Å².